The molecule has 2 heterocycles. The molecule has 1 aliphatic rings. The quantitative estimate of drug-likeness (QED) is 0.891. The van der Waals surface area contributed by atoms with E-state index in [0.29, 0.717) is 6.04 Å². The molecule has 1 aliphatic heterocycles. The first-order chi connectivity index (χ1) is 8.69. The third kappa shape index (κ3) is 3.56. The Bertz CT molecular complexity index is 356. The van der Waals surface area contributed by atoms with E-state index >= 15 is 0 Å². The summed E-state index contributed by atoms with van der Waals surface area (Å²) in [6, 6.07) is 0.606. The third-order valence-electron chi connectivity index (χ3n) is 3.88. The molecule has 0 saturated carbocycles. The van der Waals surface area contributed by atoms with Crippen LogP contribution >= 0.6 is 0 Å². The first-order valence-corrected chi connectivity index (χ1v) is 7.07. The van der Waals surface area contributed by atoms with E-state index in [9.17, 15) is 0 Å². The normalized spacial score (nSPS) is 22.1. The van der Waals surface area contributed by atoms with Crippen molar-refractivity contribution in [1.82, 2.24) is 15.2 Å². The smallest absolute Gasteiger partial charge is 0.208 e. The van der Waals surface area contributed by atoms with E-state index in [1.165, 1.54) is 38.9 Å². The Morgan fingerprint density at radius 3 is 2.83 bits per heavy atom. The number of nitrogens with one attached hydrogen (secondary N) is 1. The molecule has 1 aromatic rings. The maximum absolute atomic E-state index is 5.59. The van der Waals surface area contributed by atoms with E-state index in [1.807, 2.05) is 13.8 Å². The Labute approximate surface area is 110 Å². The molecule has 4 heteroatoms. The standard InChI is InChI=1S/C14H25N3O/c1-4-17-8-5-6-13(7-9-17)15-10-14-16-11(2)12(3)18-14/h13,15H,4-10H2,1-3H3. The Morgan fingerprint density at radius 2 is 2.17 bits per heavy atom. The molecule has 1 aromatic heterocycles. The van der Waals surface area contributed by atoms with Crippen LogP contribution in [0.5, 0.6) is 0 Å². The fraction of sp³-hybridized carbons (Fsp3) is 0.786. The molecule has 102 valence electrons. The van der Waals surface area contributed by atoms with Gasteiger partial charge in [0, 0.05) is 6.04 Å². The molecule has 2 rings (SSSR count). The number of nitrogens with zero attached hydrogens (tertiary/aromatic N) is 2. The Balaban J connectivity index is 1.79. The highest BCUT2D eigenvalue weighted by molar-refractivity contribution is 5.05. The average molecular weight is 251 g/mol. The van der Waals surface area contributed by atoms with E-state index in [-0.39, 0.29) is 0 Å². The molecular formula is C14H25N3O. The van der Waals surface area contributed by atoms with Gasteiger partial charge in [-0.2, -0.15) is 0 Å². The number of oxazole rings is 1. The van der Waals surface area contributed by atoms with Crippen molar-refractivity contribution in [2.45, 2.75) is 52.6 Å². The van der Waals surface area contributed by atoms with Crippen molar-refractivity contribution in [1.29, 1.82) is 0 Å². The Morgan fingerprint density at radius 1 is 1.33 bits per heavy atom. The van der Waals surface area contributed by atoms with E-state index in [4.69, 9.17) is 4.42 Å². The second-order valence-electron chi connectivity index (χ2n) is 5.19. The number of aromatic nitrogens is 1. The summed E-state index contributed by atoms with van der Waals surface area (Å²) in [7, 11) is 0. The highest BCUT2D eigenvalue weighted by atomic mass is 16.4. The number of likely N-dealkylation sites (tertiary alicyclic amines) is 1. The minimum absolute atomic E-state index is 0.606. The second-order valence-corrected chi connectivity index (χ2v) is 5.19. The van der Waals surface area contributed by atoms with Gasteiger partial charge in [-0.25, -0.2) is 4.98 Å². The second kappa shape index (κ2) is 6.34. The van der Waals surface area contributed by atoms with E-state index in [0.717, 1.165) is 23.9 Å². The zero-order chi connectivity index (χ0) is 13.0. The molecule has 0 aliphatic carbocycles. The topological polar surface area (TPSA) is 41.3 Å². The largest absolute Gasteiger partial charge is 0.444 e. The van der Waals surface area contributed by atoms with Gasteiger partial charge in [0.2, 0.25) is 5.89 Å². The molecule has 1 saturated heterocycles. The third-order valence-corrected chi connectivity index (χ3v) is 3.88. The Hall–Kier alpha value is -0.870. The number of hydrogen-bond acceptors (Lipinski definition) is 4. The average Bonchev–Trinajstić information content (AvgIpc) is 2.57. The summed E-state index contributed by atoms with van der Waals surface area (Å²) >= 11 is 0. The van der Waals surface area contributed by atoms with E-state index < -0.39 is 0 Å². The van der Waals surface area contributed by atoms with Crippen LogP contribution in [0.1, 0.15) is 43.5 Å². The summed E-state index contributed by atoms with van der Waals surface area (Å²) in [4.78, 5) is 6.94. The molecule has 4 nitrogen and oxygen atoms in total. The van der Waals surface area contributed by atoms with Crippen LogP contribution in [-0.4, -0.2) is 35.6 Å². The van der Waals surface area contributed by atoms with Gasteiger partial charge < -0.3 is 14.6 Å². The highest BCUT2D eigenvalue weighted by Gasteiger charge is 2.16. The van der Waals surface area contributed by atoms with Gasteiger partial charge >= 0.3 is 0 Å². The van der Waals surface area contributed by atoms with E-state index in [1.54, 1.807) is 0 Å². The van der Waals surface area contributed by atoms with Crippen LogP contribution in [0.4, 0.5) is 0 Å². The van der Waals surface area contributed by atoms with Gasteiger partial charge in [0.1, 0.15) is 5.76 Å². The molecule has 1 unspecified atom stereocenters. The first kappa shape index (κ1) is 13.6. The van der Waals surface area contributed by atoms with Crippen molar-refractivity contribution >= 4 is 0 Å². The summed E-state index contributed by atoms with van der Waals surface area (Å²) in [6.45, 7) is 10.6. The van der Waals surface area contributed by atoms with Gasteiger partial charge in [-0.3, -0.25) is 0 Å². The van der Waals surface area contributed by atoms with Crippen molar-refractivity contribution in [2.24, 2.45) is 0 Å². The molecule has 0 spiro atoms. The van der Waals surface area contributed by atoms with Crippen LogP contribution in [0.3, 0.4) is 0 Å². The lowest BCUT2D eigenvalue weighted by Gasteiger charge is -2.17. The SMILES string of the molecule is CCN1CCCC(NCc2nc(C)c(C)o2)CC1. The monoisotopic (exact) mass is 251 g/mol. The Kier molecular flexibility index (Phi) is 4.78. The van der Waals surface area contributed by atoms with Crippen LogP contribution in [0.15, 0.2) is 4.42 Å². The molecule has 18 heavy (non-hydrogen) atoms. The van der Waals surface area contributed by atoms with Gasteiger partial charge in [0.15, 0.2) is 0 Å². The minimum Gasteiger partial charge on any atom is -0.444 e. The van der Waals surface area contributed by atoms with Crippen LogP contribution < -0.4 is 5.32 Å². The van der Waals surface area contributed by atoms with Crippen LogP contribution in [0.2, 0.25) is 0 Å². The summed E-state index contributed by atoms with van der Waals surface area (Å²) in [5, 5.41) is 3.58. The fourth-order valence-electron chi connectivity index (χ4n) is 2.52. The number of aryl methyl sites for hydroxylation is 2. The fourth-order valence-corrected chi connectivity index (χ4v) is 2.52. The van der Waals surface area contributed by atoms with Crippen molar-refractivity contribution in [3.63, 3.8) is 0 Å². The predicted molar refractivity (Wildman–Crippen MR) is 72.6 cm³/mol. The lowest BCUT2D eigenvalue weighted by atomic mass is 10.1. The maximum atomic E-state index is 5.59. The van der Waals surface area contributed by atoms with Gasteiger partial charge in [0.05, 0.1) is 12.2 Å². The molecule has 0 amide bonds. The number of rotatable bonds is 4. The minimum atomic E-state index is 0.606. The van der Waals surface area contributed by atoms with E-state index in [2.05, 4.69) is 22.1 Å². The molecule has 0 bridgehead atoms. The van der Waals surface area contributed by atoms with Crippen molar-refractivity contribution in [2.75, 3.05) is 19.6 Å². The summed E-state index contributed by atoms with van der Waals surface area (Å²) in [6.07, 6.45) is 3.77. The highest BCUT2D eigenvalue weighted by Crippen LogP contribution is 2.12. The zero-order valence-corrected chi connectivity index (χ0v) is 11.8. The summed E-state index contributed by atoms with van der Waals surface area (Å²) < 4.78 is 5.59. The molecule has 1 atom stereocenters. The van der Waals surface area contributed by atoms with Crippen LogP contribution in [0, 0.1) is 13.8 Å². The van der Waals surface area contributed by atoms with Gasteiger partial charge in [-0.05, 0) is 52.7 Å². The molecule has 1 N–H and O–H groups in total. The lowest BCUT2D eigenvalue weighted by molar-refractivity contribution is 0.296. The summed E-state index contributed by atoms with van der Waals surface area (Å²) in [5.74, 6) is 1.76. The van der Waals surface area contributed by atoms with Crippen molar-refractivity contribution in [3.05, 3.63) is 17.3 Å². The van der Waals surface area contributed by atoms with Crippen LogP contribution in [0.25, 0.3) is 0 Å². The zero-order valence-electron chi connectivity index (χ0n) is 11.8. The van der Waals surface area contributed by atoms with Crippen molar-refractivity contribution in [3.8, 4) is 0 Å². The maximum Gasteiger partial charge on any atom is 0.208 e. The molecular weight excluding hydrogens is 226 g/mol. The van der Waals surface area contributed by atoms with Gasteiger partial charge in [-0.15, -0.1) is 0 Å². The molecule has 0 aromatic carbocycles. The predicted octanol–water partition coefficient (Wildman–Crippen LogP) is 2.26. The molecule has 1 fully saturated rings. The molecule has 0 radical (unpaired) electrons. The van der Waals surface area contributed by atoms with Crippen LogP contribution in [-0.2, 0) is 6.54 Å². The first-order valence-electron chi connectivity index (χ1n) is 7.07. The number of hydrogen-bond donors (Lipinski definition) is 1. The lowest BCUT2D eigenvalue weighted by Crippen LogP contribution is -2.30. The van der Waals surface area contributed by atoms with Crippen molar-refractivity contribution < 1.29 is 4.42 Å². The summed E-state index contributed by atoms with van der Waals surface area (Å²) in [5.41, 5.74) is 1.00. The van der Waals surface area contributed by atoms with Gasteiger partial charge in [-0.1, -0.05) is 6.92 Å². The van der Waals surface area contributed by atoms with Gasteiger partial charge in [0.25, 0.3) is 0 Å².